The number of hydrogen-bond acceptors (Lipinski definition) is 2. The molecule has 1 aliphatic heterocycles. The van der Waals surface area contributed by atoms with Crippen LogP contribution in [0.15, 0.2) is 18.2 Å². The van der Waals surface area contributed by atoms with Crippen molar-refractivity contribution in [2.24, 2.45) is 5.92 Å². The van der Waals surface area contributed by atoms with Gasteiger partial charge in [0.05, 0.1) is 7.11 Å². The predicted molar refractivity (Wildman–Crippen MR) is 62.2 cm³/mol. The summed E-state index contributed by atoms with van der Waals surface area (Å²) in [7, 11) is 1.49. The molecule has 16 heavy (non-hydrogen) atoms. The third kappa shape index (κ3) is 2.73. The van der Waals surface area contributed by atoms with Crippen LogP contribution in [-0.2, 0) is 6.42 Å². The van der Waals surface area contributed by atoms with Gasteiger partial charge in [0.1, 0.15) is 0 Å². The second-order valence-electron chi connectivity index (χ2n) is 4.39. The SMILES string of the molecule is COc1ccc(C[C@@H]2CCCNC2)cc1F. The first-order chi connectivity index (χ1) is 7.79. The fourth-order valence-corrected chi connectivity index (χ4v) is 2.27. The smallest absolute Gasteiger partial charge is 0.165 e. The summed E-state index contributed by atoms with van der Waals surface area (Å²) in [6, 6.07) is 5.25. The summed E-state index contributed by atoms with van der Waals surface area (Å²) in [5, 5.41) is 3.37. The molecule has 1 atom stereocenters. The van der Waals surface area contributed by atoms with Crippen LogP contribution in [0.2, 0.25) is 0 Å². The molecule has 0 bridgehead atoms. The molecule has 0 radical (unpaired) electrons. The van der Waals surface area contributed by atoms with Crippen molar-refractivity contribution >= 4 is 0 Å². The zero-order chi connectivity index (χ0) is 11.4. The van der Waals surface area contributed by atoms with Crippen molar-refractivity contribution in [3.05, 3.63) is 29.6 Å². The Labute approximate surface area is 95.8 Å². The Morgan fingerprint density at radius 3 is 3.00 bits per heavy atom. The maximum absolute atomic E-state index is 13.5. The van der Waals surface area contributed by atoms with E-state index in [2.05, 4.69) is 5.32 Å². The van der Waals surface area contributed by atoms with Crippen molar-refractivity contribution in [2.45, 2.75) is 19.3 Å². The molecule has 1 aliphatic rings. The topological polar surface area (TPSA) is 21.3 Å². The second-order valence-corrected chi connectivity index (χ2v) is 4.39. The predicted octanol–water partition coefficient (Wildman–Crippen LogP) is 2.38. The van der Waals surface area contributed by atoms with Gasteiger partial charge in [0, 0.05) is 0 Å². The molecule has 1 aromatic carbocycles. The lowest BCUT2D eigenvalue weighted by Gasteiger charge is -2.22. The lowest BCUT2D eigenvalue weighted by atomic mass is 9.92. The minimum Gasteiger partial charge on any atom is -0.494 e. The van der Waals surface area contributed by atoms with Gasteiger partial charge in [0.15, 0.2) is 11.6 Å². The summed E-state index contributed by atoms with van der Waals surface area (Å²) in [5.41, 5.74) is 1.06. The maximum Gasteiger partial charge on any atom is 0.165 e. The molecule has 0 saturated carbocycles. The normalized spacial score (nSPS) is 20.8. The highest BCUT2D eigenvalue weighted by atomic mass is 19.1. The van der Waals surface area contributed by atoms with E-state index >= 15 is 0 Å². The van der Waals surface area contributed by atoms with Gasteiger partial charge in [-0.3, -0.25) is 0 Å². The number of methoxy groups -OCH3 is 1. The molecule has 1 saturated heterocycles. The van der Waals surface area contributed by atoms with E-state index in [9.17, 15) is 4.39 Å². The first-order valence-corrected chi connectivity index (χ1v) is 5.82. The van der Waals surface area contributed by atoms with Crippen molar-refractivity contribution < 1.29 is 9.13 Å². The zero-order valence-corrected chi connectivity index (χ0v) is 9.63. The van der Waals surface area contributed by atoms with Gasteiger partial charge in [-0.05, 0) is 56.0 Å². The summed E-state index contributed by atoms with van der Waals surface area (Å²) < 4.78 is 18.4. The van der Waals surface area contributed by atoms with Crippen LogP contribution in [0.1, 0.15) is 18.4 Å². The highest BCUT2D eigenvalue weighted by Gasteiger charge is 2.14. The van der Waals surface area contributed by atoms with E-state index < -0.39 is 0 Å². The van der Waals surface area contributed by atoms with Crippen LogP contribution < -0.4 is 10.1 Å². The highest BCUT2D eigenvalue weighted by Crippen LogP contribution is 2.21. The number of piperidine rings is 1. The summed E-state index contributed by atoms with van der Waals surface area (Å²) >= 11 is 0. The molecule has 0 aromatic heterocycles. The number of benzene rings is 1. The molecule has 1 heterocycles. The van der Waals surface area contributed by atoms with E-state index in [-0.39, 0.29) is 5.82 Å². The number of ether oxygens (including phenoxy) is 1. The zero-order valence-electron chi connectivity index (χ0n) is 9.63. The average molecular weight is 223 g/mol. The van der Waals surface area contributed by atoms with E-state index in [1.807, 2.05) is 6.07 Å². The Morgan fingerprint density at radius 2 is 2.38 bits per heavy atom. The number of rotatable bonds is 3. The van der Waals surface area contributed by atoms with Gasteiger partial charge in [-0.25, -0.2) is 4.39 Å². The van der Waals surface area contributed by atoms with Gasteiger partial charge >= 0.3 is 0 Å². The molecule has 1 N–H and O–H groups in total. The lowest BCUT2D eigenvalue weighted by Crippen LogP contribution is -2.30. The Balaban J connectivity index is 2.01. The minimum absolute atomic E-state index is 0.260. The van der Waals surface area contributed by atoms with Gasteiger partial charge in [-0.15, -0.1) is 0 Å². The standard InChI is InChI=1S/C13H18FNO/c1-16-13-5-4-10(8-12(13)14)7-11-3-2-6-15-9-11/h4-5,8,11,15H,2-3,6-7,9H2,1H3/t11-/m0/s1. The Morgan fingerprint density at radius 1 is 1.50 bits per heavy atom. The molecule has 0 spiro atoms. The van der Waals surface area contributed by atoms with E-state index in [0.29, 0.717) is 11.7 Å². The fourth-order valence-electron chi connectivity index (χ4n) is 2.27. The highest BCUT2D eigenvalue weighted by molar-refractivity contribution is 5.29. The fraction of sp³-hybridized carbons (Fsp3) is 0.538. The molecule has 3 heteroatoms. The van der Waals surface area contributed by atoms with E-state index in [0.717, 1.165) is 25.1 Å². The van der Waals surface area contributed by atoms with Gasteiger partial charge in [-0.1, -0.05) is 6.07 Å². The molecule has 2 nitrogen and oxygen atoms in total. The minimum atomic E-state index is -0.260. The van der Waals surface area contributed by atoms with Gasteiger partial charge in [0.25, 0.3) is 0 Å². The Bertz CT molecular complexity index is 348. The molecule has 2 rings (SSSR count). The molecular weight excluding hydrogens is 205 g/mol. The lowest BCUT2D eigenvalue weighted by molar-refractivity contribution is 0.372. The Kier molecular flexibility index (Phi) is 3.78. The first kappa shape index (κ1) is 11.4. The van der Waals surface area contributed by atoms with Crippen LogP contribution in [0.4, 0.5) is 4.39 Å². The largest absolute Gasteiger partial charge is 0.494 e. The van der Waals surface area contributed by atoms with Gasteiger partial charge in [0.2, 0.25) is 0 Å². The van der Waals surface area contributed by atoms with E-state index in [4.69, 9.17) is 4.74 Å². The van der Waals surface area contributed by atoms with Crippen molar-refractivity contribution in [3.63, 3.8) is 0 Å². The summed E-state index contributed by atoms with van der Waals surface area (Å²) in [4.78, 5) is 0. The molecule has 88 valence electrons. The quantitative estimate of drug-likeness (QED) is 0.849. The van der Waals surface area contributed by atoms with Crippen LogP contribution in [0.25, 0.3) is 0 Å². The monoisotopic (exact) mass is 223 g/mol. The van der Waals surface area contributed by atoms with Crippen LogP contribution in [-0.4, -0.2) is 20.2 Å². The van der Waals surface area contributed by atoms with Crippen molar-refractivity contribution in [1.29, 1.82) is 0 Å². The molecule has 1 aromatic rings. The molecule has 0 unspecified atom stereocenters. The summed E-state index contributed by atoms with van der Waals surface area (Å²) in [6.45, 7) is 2.17. The third-order valence-corrected chi connectivity index (χ3v) is 3.14. The summed E-state index contributed by atoms with van der Waals surface area (Å²) in [5.74, 6) is 0.704. The van der Waals surface area contributed by atoms with Crippen LogP contribution in [0.3, 0.4) is 0 Å². The molecule has 0 amide bonds. The van der Waals surface area contributed by atoms with Crippen molar-refractivity contribution in [2.75, 3.05) is 20.2 Å². The van der Waals surface area contributed by atoms with E-state index in [1.54, 1.807) is 12.1 Å². The molecule has 0 aliphatic carbocycles. The average Bonchev–Trinajstić information content (AvgIpc) is 2.31. The first-order valence-electron chi connectivity index (χ1n) is 5.82. The van der Waals surface area contributed by atoms with Gasteiger partial charge < -0.3 is 10.1 Å². The third-order valence-electron chi connectivity index (χ3n) is 3.14. The van der Waals surface area contributed by atoms with Gasteiger partial charge in [-0.2, -0.15) is 0 Å². The van der Waals surface area contributed by atoms with Crippen LogP contribution >= 0.6 is 0 Å². The molecular formula is C13H18FNO. The number of halogens is 1. The van der Waals surface area contributed by atoms with Crippen molar-refractivity contribution in [1.82, 2.24) is 5.32 Å². The van der Waals surface area contributed by atoms with Crippen molar-refractivity contribution in [3.8, 4) is 5.75 Å². The molecule has 1 fully saturated rings. The maximum atomic E-state index is 13.5. The van der Waals surface area contributed by atoms with Crippen LogP contribution in [0, 0.1) is 11.7 Å². The van der Waals surface area contributed by atoms with E-state index in [1.165, 1.54) is 20.0 Å². The number of hydrogen-bond donors (Lipinski definition) is 1. The Hall–Kier alpha value is -1.09. The number of nitrogens with one attached hydrogen (secondary N) is 1. The van der Waals surface area contributed by atoms with Crippen LogP contribution in [0.5, 0.6) is 5.75 Å². The summed E-state index contributed by atoms with van der Waals surface area (Å²) in [6.07, 6.45) is 3.41. The second kappa shape index (κ2) is 5.30.